The van der Waals surface area contributed by atoms with E-state index in [9.17, 15) is 4.79 Å². The molecule has 0 aromatic carbocycles. The first-order valence-corrected chi connectivity index (χ1v) is 2.85. The first-order chi connectivity index (χ1) is 3.55. The van der Waals surface area contributed by atoms with Crippen molar-refractivity contribution in [2.75, 3.05) is 0 Å². The topological polar surface area (TPSA) is 43.1 Å². The number of carbonyl (C=O) groups is 1. The van der Waals surface area contributed by atoms with E-state index in [1.807, 2.05) is 13.8 Å². The van der Waals surface area contributed by atoms with Gasteiger partial charge in [-0.25, -0.2) is 0 Å². The average Bonchev–Trinajstić information content (AvgIpc) is 1.64. The molecule has 8 heavy (non-hydrogen) atoms. The Hall–Kier alpha value is -0.370. The summed E-state index contributed by atoms with van der Waals surface area (Å²) in [6, 6.07) is -0.296. The number of hydrogen-bond acceptors (Lipinski definition) is 2. The summed E-state index contributed by atoms with van der Waals surface area (Å²) in [4.78, 5) is 10.7. The molecule has 0 bridgehead atoms. The van der Waals surface area contributed by atoms with Gasteiger partial charge in [-0.2, -0.15) is 0 Å². The summed E-state index contributed by atoms with van der Waals surface area (Å²) in [6.45, 7) is 5.42. The number of hydrogen-bond donors (Lipinski definition) is 1. The zero-order chi connectivity index (χ0) is 6.73. The summed E-state index contributed by atoms with van der Waals surface area (Å²) in [5, 5.41) is 0. The molecule has 0 radical (unpaired) electrons. The van der Waals surface area contributed by atoms with Crippen molar-refractivity contribution in [2.45, 2.75) is 26.8 Å². The molecule has 0 rings (SSSR count). The van der Waals surface area contributed by atoms with Crippen molar-refractivity contribution in [3.05, 3.63) is 0 Å². The smallest absolute Gasteiger partial charge is 0.151 e. The summed E-state index contributed by atoms with van der Waals surface area (Å²) >= 11 is 0. The van der Waals surface area contributed by atoms with Gasteiger partial charge in [-0.05, 0) is 6.92 Å². The van der Waals surface area contributed by atoms with Crippen LogP contribution in [0.25, 0.3) is 0 Å². The Labute approximate surface area is 50.1 Å². The second-order valence-electron chi connectivity index (χ2n) is 2.35. The molecular weight excluding hydrogens is 102 g/mol. The minimum atomic E-state index is -0.296. The van der Waals surface area contributed by atoms with Crippen molar-refractivity contribution >= 4 is 5.78 Å². The van der Waals surface area contributed by atoms with Gasteiger partial charge >= 0.3 is 0 Å². The predicted molar refractivity (Wildman–Crippen MR) is 33.5 cm³/mol. The Balaban J connectivity index is 3.65. The second kappa shape index (κ2) is 2.82. The fraction of sp³-hybridized carbons (Fsp3) is 0.833. The zero-order valence-corrected chi connectivity index (χ0v) is 5.64. The molecule has 48 valence electrons. The molecule has 0 aliphatic carbocycles. The predicted octanol–water partition coefficient (Wildman–Crippen LogP) is 0.559. The number of nitrogens with two attached hydrogens (primary N) is 1. The van der Waals surface area contributed by atoms with Crippen LogP contribution in [0.5, 0.6) is 0 Å². The van der Waals surface area contributed by atoms with Gasteiger partial charge in [0.05, 0.1) is 6.04 Å². The van der Waals surface area contributed by atoms with E-state index in [4.69, 9.17) is 5.73 Å². The van der Waals surface area contributed by atoms with Gasteiger partial charge < -0.3 is 5.73 Å². The van der Waals surface area contributed by atoms with Gasteiger partial charge in [-0.15, -0.1) is 0 Å². The SMILES string of the molecule is CC(C)C(=O)C(C)N. The Morgan fingerprint density at radius 1 is 1.38 bits per heavy atom. The van der Waals surface area contributed by atoms with Gasteiger partial charge in [-0.3, -0.25) is 4.79 Å². The molecular formula is C6H13NO. The van der Waals surface area contributed by atoms with E-state index in [1.54, 1.807) is 6.92 Å². The van der Waals surface area contributed by atoms with Gasteiger partial charge in [0.2, 0.25) is 0 Å². The molecule has 0 saturated heterocycles. The van der Waals surface area contributed by atoms with Crippen molar-refractivity contribution in [2.24, 2.45) is 11.7 Å². The van der Waals surface area contributed by atoms with Gasteiger partial charge in [-0.1, -0.05) is 13.8 Å². The van der Waals surface area contributed by atoms with Gasteiger partial charge in [0, 0.05) is 5.92 Å². The minimum Gasteiger partial charge on any atom is -0.322 e. The van der Waals surface area contributed by atoms with E-state index in [1.165, 1.54) is 0 Å². The fourth-order valence-corrected chi connectivity index (χ4v) is 0.526. The third-order valence-corrected chi connectivity index (χ3v) is 1.02. The van der Waals surface area contributed by atoms with Crippen LogP contribution in [0.2, 0.25) is 0 Å². The van der Waals surface area contributed by atoms with Crippen LogP contribution in [-0.2, 0) is 4.79 Å². The lowest BCUT2D eigenvalue weighted by Gasteiger charge is -2.05. The second-order valence-corrected chi connectivity index (χ2v) is 2.35. The maximum absolute atomic E-state index is 10.7. The highest BCUT2D eigenvalue weighted by Crippen LogP contribution is 1.95. The lowest BCUT2D eigenvalue weighted by Crippen LogP contribution is -2.30. The molecule has 0 spiro atoms. The van der Waals surface area contributed by atoms with Crippen molar-refractivity contribution in [3.8, 4) is 0 Å². The van der Waals surface area contributed by atoms with Crippen LogP contribution in [0.3, 0.4) is 0 Å². The van der Waals surface area contributed by atoms with E-state index < -0.39 is 0 Å². The average molecular weight is 115 g/mol. The maximum Gasteiger partial charge on any atom is 0.151 e. The normalized spacial score (nSPS) is 14.1. The van der Waals surface area contributed by atoms with E-state index in [-0.39, 0.29) is 17.7 Å². The van der Waals surface area contributed by atoms with Gasteiger partial charge in [0.1, 0.15) is 0 Å². The largest absolute Gasteiger partial charge is 0.322 e. The van der Waals surface area contributed by atoms with Crippen LogP contribution < -0.4 is 5.73 Å². The molecule has 0 saturated carbocycles. The zero-order valence-electron chi connectivity index (χ0n) is 5.64. The molecule has 0 amide bonds. The quantitative estimate of drug-likeness (QED) is 0.571. The fourth-order valence-electron chi connectivity index (χ4n) is 0.526. The molecule has 2 N–H and O–H groups in total. The van der Waals surface area contributed by atoms with Crippen LogP contribution in [0.1, 0.15) is 20.8 Å². The monoisotopic (exact) mass is 115 g/mol. The van der Waals surface area contributed by atoms with Crippen molar-refractivity contribution in [1.82, 2.24) is 0 Å². The van der Waals surface area contributed by atoms with Crippen molar-refractivity contribution in [1.29, 1.82) is 0 Å². The molecule has 0 heterocycles. The summed E-state index contributed by atoms with van der Waals surface area (Å²) in [5.41, 5.74) is 5.29. The van der Waals surface area contributed by atoms with E-state index in [2.05, 4.69) is 0 Å². The van der Waals surface area contributed by atoms with E-state index in [0.29, 0.717) is 0 Å². The number of rotatable bonds is 2. The van der Waals surface area contributed by atoms with Crippen molar-refractivity contribution in [3.63, 3.8) is 0 Å². The highest BCUT2D eigenvalue weighted by Gasteiger charge is 2.10. The molecule has 0 aliphatic heterocycles. The molecule has 2 nitrogen and oxygen atoms in total. The molecule has 0 aromatic heterocycles. The van der Waals surface area contributed by atoms with Crippen LogP contribution in [-0.4, -0.2) is 11.8 Å². The lowest BCUT2D eigenvalue weighted by atomic mass is 10.0. The first kappa shape index (κ1) is 7.63. The standard InChI is InChI=1S/C6H13NO/c1-4(2)6(8)5(3)7/h4-5H,7H2,1-3H3. The Kier molecular flexibility index (Phi) is 2.69. The number of Topliss-reactive ketones (excluding diaryl/α,β-unsaturated/α-hetero) is 1. The van der Waals surface area contributed by atoms with Crippen LogP contribution in [0.15, 0.2) is 0 Å². The number of ketones is 1. The summed E-state index contributed by atoms with van der Waals surface area (Å²) < 4.78 is 0. The summed E-state index contributed by atoms with van der Waals surface area (Å²) in [7, 11) is 0. The molecule has 0 aliphatic rings. The summed E-state index contributed by atoms with van der Waals surface area (Å²) in [6.07, 6.45) is 0. The number of carbonyl (C=O) groups excluding carboxylic acids is 1. The third-order valence-electron chi connectivity index (χ3n) is 1.02. The van der Waals surface area contributed by atoms with Gasteiger partial charge in [0.15, 0.2) is 5.78 Å². The van der Waals surface area contributed by atoms with Gasteiger partial charge in [0.25, 0.3) is 0 Å². The molecule has 0 aromatic rings. The molecule has 0 fully saturated rings. The highest BCUT2D eigenvalue weighted by atomic mass is 16.1. The molecule has 1 atom stereocenters. The third kappa shape index (κ3) is 2.07. The van der Waals surface area contributed by atoms with Crippen LogP contribution in [0, 0.1) is 5.92 Å². The minimum absolute atomic E-state index is 0.0787. The maximum atomic E-state index is 10.7. The molecule has 1 unspecified atom stereocenters. The van der Waals surface area contributed by atoms with Crippen molar-refractivity contribution < 1.29 is 4.79 Å². The van der Waals surface area contributed by atoms with Crippen LogP contribution >= 0.6 is 0 Å². The Morgan fingerprint density at radius 2 is 1.75 bits per heavy atom. The highest BCUT2D eigenvalue weighted by molar-refractivity contribution is 5.84. The van der Waals surface area contributed by atoms with E-state index >= 15 is 0 Å². The molecule has 2 heteroatoms. The van der Waals surface area contributed by atoms with Crippen LogP contribution in [0.4, 0.5) is 0 Å². The Morgan fingerprint density at radius 3 is 1.75 bits per heavy atom. The first-order valence-electron chi connectivity index (χ1n) is 2.85. The summed E-state index contributed by atoms with van der Waals surface area (Å²) in [5.74, 6) is 0.208. The lowest BCUT2D eigenvalue weighted by molar-refractivity contribution is -0.122. The Bertz CT molecular complexity index is 76.5. The van der Waals surface area contributed by atoms with E-state index in [0.717, 1.165) is 0 Å².